The van der Waals surface area contributed by atoms with Gasteiger partial charge in [-0.2, -0.15) is 0 Å². The number of halogens is 1. The van der Waals surface area contributed by atoms with E-state index in [0.717, 1.165) is 30.0 Å². The molecule has 0 aliphatic heterocycles. The van der Waals surface area contributed by atoms with Gasteiger partial charge in [0.2, 0.25) is 0 Å². The average molecular weight is 292 g/mol. The molecular weight excluding hydrogens is 274 g/mol. The Hall–Kier alpha value is -1.65. The highest BCUT2D eigenvalue weighted by molar-refractivity contribution is 6.30. The van der Waals surface area contributed by atoms with Crippen molar-refractivity contribution in [2.24, 2.45) is 0 Å². The van der Waals surface area contributed by atoms with Crippen LogP contribution in [0.25, 0.3) is 0 Å². The fourth-order valence-corrected chi connectivity index (χ4v) is 2.06. The van der Waals surface area contributed by atoms with Crippen molar-refractivity contribution in [2.75, 3.05) is 13.7 Å². The third kappa shape index (κ3) is 3.68. The lowest BCUT2D eigenvalue weighted by Gasteiger charge is -2.18. The van der Waals surface area contributed by atoms with Crippen LogP contribution in [-0.2, 0) is 0 Å². The number of hydrogen-bond donors (Lipinski definition) is 1. The summed E-state index contributed by atoms with van der Waals surface area (Å²) in [6.07, 6.45) is 6.22. The molecule has 2 aromatic rings. The van der Waals surface area contributed by atoms with E-state index in [0.29, 0.717) is 5.02 Å². The second kappa shape index (κ2) is 7.22. The first kappa shape index (κ1) is 14.8. The van der Waals surface area contributed by atoms with E-state index in [2.05, 4.69) is 22.2 Å². The summed E-state index contributed by atoms with van der Waals surface area (Å²) in [6, 6.07) is 5.72. The van der Waals surface area contributed by atoms with E-state index in [4.69, 9.17) is 16.3 Å². The first-order chi connectivity index (χ1) is 9.74. The van der Waals surface area contributed by atoms with E-state index in [1.54, 1.807) is 19.5 Å². The molecule has 0 aromatic carbocycles. The number of hydrogen-bond acceptors (Lipinski definition) is 4. The van der Waals surface area contributed by atoms with E-state index in [9.17, 15) is 0 Å². The largest absolute Gasteiger partial charge is 0.495 e. The van der Waals surface area contributed by atoms with E-state index >= 15 is 0 Å². The topological polar surface area (TPSA) is 47.0 Å². The van der Waals surface area contributed by atoms with Crippen molar-refractivity contribution in [3.05, 3.63) is 53.1 Å². The quantitative estimate of drug-likeness (QED) is 0.888. The van der Waals surface area contributed by atoms with Crippen LogP contribution in [-0.4, -0.2) is 23.6 Å². The van der Waals surface area contributed by atoms with Crippen molar-refractivity contribution in [2.45, 2.75) is 19.4 Å². The summed E-state index contributed by atoms with van der Waals surface area (Å²) < 4.78 is 5.23. The molecule has 5 heteroatoms. The number of rotatable bonds is 6. The Morgan fingerprint density at radius 2 is 2.15 bits per heavy atom. The fraction of sp³-hybridized carbons (Fsp3) is 0.333. The summed E-state index contributed by atoms with van der Waals surface area (Å²) in [4.78, 5) is 8.61. The van der Waals surface area contributed by atoms with Crippen molar-refractivity contribution in [3.63, 3.8) is 0 Å². The zero-order chi connectivity index (χ0) is 14.4. The second-order valence-corrected chi connectivity index (χ2v) is 4.88. The molecule has 0 radical (unpaired) electrons. The lowest BCUT2D eigenvalue weighted by atomic mass is 10.0. The van der Waals surface area contributed by atoms with Gasteiger partial charge in [-0.15, -0.1) is 0 Å². The number of nitrogens with one attached hydrogen (secondary N) is 1. The number of methoxy groups -OCH3 is 1. The monoisotopic (exact) mass is 291 g/mol. The Balaban J connectivity index is 2.32. The minimum atomic E-state index is -0.0187. The molecule has 0 bridgehead atoms. The lowest BCUT2D eigenvalue weighted by Crippen LogP contribution is -2.24. The van der Waals surface area contributed by atoms with Crippen molar-refractivity contribution < 1.29 is 4.74 Å². The first-order valence-electron chi connectivity index (χ1n) is 6.58. The summed E-state index contributed by atoms with van der Waals surface area (Å²) in [5.74, 6) is 0.736. The van der Waals surface area contributed by atoms with Gasteiger partial charge < -0.3 is 10.1 Å². The fourth-order valence-electron chi connectivity index (χ4n) is 1.94. The van der Waals surface area contributed by atoms with Crippen LogP contribution in [0.3, 0.4) is 0 Å². The Morgan fingerprint density at radius 1 is 1.30 bits per heavy atom. The molecule has 0 aliphatic carbocycles. The summed E-state index contributed by atoms with van der Waals surface area (Å²) in [6.45, 7) is 3.02. The maximum Gasteiger partial charge on any atom is 0.137 e. The smallest absolute Gasteiger partial charge is 0.137 e. The molecule has 1 atom stereocenters. The van der Waals surface area contributed by atoms with Crippen LogP contribution in [0.1, 0.15) is 30.6 Å². The molecule has 0 saturated carbocycles. The third-order valence-corrected chi connectivity index (χ3v) is 3.17. The van der Waals surface area contributed by atoms with E-state index in [-0.39, 0.29) is 6.04 Å². The Morgan fingerprint density at radius 3 is 2.80 bits per heavy atom. The number of ether oxygens (including phenoxy) is 1. The summed E-state index contributed by atoms with van der Waals surface area (Å²) in [5.41, 5.74) is 1.94. The molecule has 20 heavy (non-hydrogen) atoms. The van der Waals surface area contributed by atoms with Gasteiger partial charge in [-0.05, 0) is 36.7 Å². The first-order valence-corrected chi connectivity index (χ1v) is 6.96. The zero-order valence-corrected chi connectivity index (χ0v) is 12.4. The van der Waals surface area contributed by atoms with Gasteiger partial charge in [0.15, 0.2) is 0 Å². The SMILES string of the molecule is CCCNC(c1cncc(OC)c1)c1ccc(Cl)cn1. The molecule has 0 amide bonds. The molecule has 106 valence electrons. The van der Waals surface area contributed by atoms with E-state index in [1.807, 2.05) is 24.4 Å². The molecule has 2 heterocycles. The molecule has 0 fully saturated rings. The molecule has 2 aromatic heterocycles. The highest BCUT2D eigenvalue weighted by atomic mass is 35.5. The minimum absolute atomic E-state index is 0.0187. The van der Waals surface area contributed by atoms with E-state index in [1.165, 1.54) is 0 Å². The Bertz CT molecular complexity index is 545. The maximum absolute atomic E-state index is 5.90. The average Bonchev–Trinajstić information content (AvgIpc) is 2.49. The van der Waals surface area contributed by atoms with Crippen LogP contribution < -0.4 is 10.1 Å². The van der Waals surface area contributed by atoms with Crippen LogP contribution in [0.2, 0.25) is 5.02 Å². The van der Waals surface area contributed by atoms with Gasteiger partial charge in [0.1, 0.15) is 5.75 Å². The van der Waals surface area contributed by atoms with Gasteiger partial charge in [-0.25, -0.2) is 0 Å². The van der Waals surface area contributed by atoms with Crippen LogP contribution >= 0.6 is 11.6 Å². The highest BCUT2D eigenvalue weighted by Gasteiger charge is 2.15. The Kier molecular flexibility index (Phi) is 5.32. The van der Waals surface area contributed by atoms with Crippen LogP contribution in [0.15, 0.2) is 36.8 Å². The predicted molar refractivity (Wildman–Crippen MR) is 80.2 cm³/mol. The van der Waals surface area contributed by atoms with Crippen molar-refractivity contribution >= 4 is 11.6 Å². The van der Waals surface area contributed by atoms with Gasteiger partial charge in [0, 0.05) is 12.4 Å². The second-order valence-electron chi connectivity index (χ2n) is 4.45. The summed E-state index contributed by atoms with van der Waals surface area (Å²) in [5, 5.41) is 4.10. The molecule has 0 spiro atoms. The third-order valence-electron chi connectivity index (χ3n) is 2.95. The van der Waals surface area contributed by atoms with Gasteiger partial charge in [-0.3, -0.25) is 9.97 Å². The molecule has 2 rings (SSSR count). The number of nitrogens with zero attached hydrogens (tertiary/aromatic N) is 2. The van der Waals surface area contributed by atoms with E-state index < -0.39 is 0 Å². The van der Waals surface area contributed by atoms with Gasteiger partial charge in [0.05, 0.1) is 30.1 Å². The van der Waals surface area contributed by atoms with Gasteiger partial charge >= 0.3 is 0 Å². The molecule has 0 aliphatic rings. The maximum atomic E-state index is 5.90. The molecule has 1 unspecified atom stereocenters. The summed E-state index contributed by atoms with van der Waals surface area (Å²) in [7, 11) is 1.63. The lowest BCUT2D eigenvalue weighted by molar-refractivity contribution is 0.411. The predicted octanol–water partition coefficient (Wildman–Crippen LogP) is 3.23. The Labute approximate surface area is 124 Å². The van der Waals surface area contributed by atoms with Gasteiger partial charge in [0.25, 0.3) is 0 Å². The van der Waals surface area contributed by atoms with Gasteiger partial charge in [-0.1, -0.05) is 18.5 Å². The normalized spacial score (nSPS) is 12.2. The molecule has 4 nitrogen and oxygen atoms in total. The van der Waals surface area contributed by atoms with Crippen LogP contribution in [0.5, 0.6) is 5.75 Å². The zero-order valence-electron chi connectivity index (χ0n) is 11.6. The molecule has 1 N–H and O–H groups in total. The minimum Gasteiger partial charge on any atom is -0.495 e. The number of aromatic nitrogens is 2. The van der Waals surface area contributed by atoms with Crippen molar-refractivity contribution in [1.82, 2.24) is 15.3 Å². The number of pyridine rings is 2. The molecular formula is C15H18ClN3O. The van der Waals surface area contributed by atoms with Crippen LogP contribution in [0.4, 0.5) is 0 Å². The standard InChI is InChI=1S/C15H18ClN3O/c1-3-6-18-15(14-5-4-12(16)9-19-14)11-7-13(20-2)10-17-8-11/h4-5,7-10,15,18H,3,6H2,1-2H3. The molecule has 0 saturated heterocycles. The highest BCUT2D eigenvalue weighted by Crippen LogP contribution is 2.23. The summed E-state index contributed by atoms with van der Waals surface area (Å²) >= 11 is 5.90. The van der Waals surface area contributed by atoms with Crippen molar-refractivity contribution in [1.29, 1.82) is 0 Å². The van der Waals surface area contributed by atoms with Crippen molar-refractivity contribution in [3.8, 4) is 5.75 Å². The van der Waals surface area contributed by atoms with Crippen LogP contribution in [0, 0.1) is 0 Å².